The van der Waals surface area contributed by atoms with Gasteiger partial charge in [0.15, 0.2) is 6.29 Å². The van der Waals surface area contributed by atoms with Crippen LogP contribution in [0.25, 0.3) is 0 Å². The monoisotopic (exact) mass is 294 g/mol. The molecule has 0 aliphatic carbocycles. The number of rotatable bonds is 2. The average molecular weight is 294 g/mol. The second-order valence-corrected chi connectivity index (χ2v) is 5.66. The minimum Gasteiger partial charge on any atom is -0.350 e. The summed E-state index contributed by atoms with van der Waals surface area (Å²) < 4.78 is 12.8. The Bertz CT molecular complexity index is 502. The number of nitrogens with zero attached hydrogens (tertiary/aromatic N) is 3. The van der Waals surface area contributed by atoms with Gasteiger partial charge in [0, 0.05) is 32.1 Å². The molecule has 0 spiro atoms. The molecule has 7 heteroatoms. The molecular weight excluding hydrogens is 272 g/mol. The van der Waals surface area contributed by atoms with E-state index in [1.54, 1.807) is 4.68 Å². The number of nitrogens with one attached hydrogen (secondary N) is 1. The molecule has 2 fully saturated rings. The van der Waals surface area contributed by atoms with Crippen LogP contribution in [0.15, 0.2) is 6.07 Å². The predicted octanol–water partition coefficient (Wildman–Crippen LogP) is 1.35. The lowest BCUT2D eigenvalue weighted by Crippen LogP contribution is -2.43. The average Bonchev–Trinajstić information content (AvgIpc) is 3.10. The number of carbonyl (C=O) groups is 1. The summed E-state index contributed by atoms with van der Waals surface area (Å²) in [6.07, 6.45) is 1.76. The van der Waals surface area contributed by atoms with Crippen LogP contribution in [-0.2, 0) is 16.5 Å². The number of hydrogen-bond acceptors (Lipinski definition) is 4. The summed E-state index contributed by atoms with van der Waals surface area (Å²) in [4.78, 5) is 14.1. The molecule has 0 saturated carbocycles. The Morgan fingerprint density at radius 2 is 2.00 bits per heavy atom. The normalized spacial score (nSPS) is 21.0. The predicted molar refractivity (Wildman–Crippen MR) is 77.0 cm³/mol. The fourth-order valence-electron chi connectivity index (χ4n) is 2.94. The summed E-state index contributed by atoms with van der Waals surface area (Å²) >= 11 is 0. The van der Waals surface area contributed by atoms with Gasteiger partial charge in [0.25, 0.3) is 0 Å². The molecule has 1 aromatic heterocycles. The molecule has 116 valence electrons. The highest BCUT2D eigenvalue weighted by atomic mass is 16.7. The van der Waals surface area contributed by atoms with E-state index in [4.69, 9.17) is 9.47 Å². The van der Waals surface area contributed by atoms with Crippen molar-refractivity contribution in [1.29, 1.82) is 0 Å². The molecule has 2 aliphatic heterocycles. The van der Waals surface area contributed by atoms with Gasteiger partial charge in [0.2, 0.25) is 0 Å². The van der Waals surface area contributed by atoms with Crippen LogP contribution in [-0.4, -0.2) is 53.3 Å². The SMILES string of the molecule is Cc1cc(NC(=O)N2CCC(C3OCCO3)CC2)n(C)n1. The van der Waals surface area contributed by atoms with Gasteiger partial charge in [-0.1, -0.05) is 0 Å². The van der Waals surface area contributed by atoms with Crippen LogP contribution in [0.5, 0.6) is 0 Å². The van der Waals surface area contributed by atoms with Gasteiger partial charge in [0.1, 0.15) is 5.82 Å². The summed E-state index contributed by atoms with van der Waals surface area (Å²) in [5.74, 6) is 1.12. The lowest BCUT2D eigenvalue weighted by Gasteiger charge is -2.33. The maximum atomic E-state index is 12.3. The molecular formula is C14H22N4O3. The van der Waals surface area contributed by atoms with Crippen molar-refractivity contribution in [3.05, 3.63) is 11.8 Å². The molecule has 3 rings (SSSR count). The van der Waals surface area contributed by atoms with E-state index < -0.39 is 0 Å². The summed E-state index contributed by atoms with van der Waals surface area (Å²) in [5.41, 5.74) is 0.891. The van der Waals surface area contributed by atoms with E-state index >= 15 is 0 Å². The zero-order valence-corrected chi connectivity index (χ0v) is 12.5. The highest BCUT2D eigenvalue weighted by Crippen LogP contribution is 2.26. The molecule has 2 saturated heterocycles. The molecule has 7 nitrogen and oxygen atoms in total. The third-order valence-corrected chi connectivity index (χ3v) is 4.10. The number of aromatic nitrogens is 2. The Kier molecular flexibility index (Phi) is 4.12. The molecule has 1 aromatic rings. The second kappa shape index (κ2) is 6.03. The molecule has 0 aromatic carbocycles. The third kappa shape index (κ3) is 3.19. The van der Waals surface area contributed by atoms with E-state index in [1.165, 1.54) is 0 Å². The van der Waals surface area contributed by atoms with Gasteiger partial charge in [-0.15, -0.1) is 0 Å². The lowest BCUT2D eigenvalue weighted by atomic mass is 9.96. The van der Waals surface area contributed by atoms with Crippen molar-refractivity contribution in [3.8, 4) is 0 Å². The van der Waals surface area contributed by atoms with E-state index in [-0.39, 0.29) is 12.3 Å². The third-order valence-electron chi connectivity index (χ3n) is 4.10. The van der Waals surface area contributed by atoms with E-state index in [0.717, 1.165) is 37.4 Å². The number of hydrogen-bond donors (Lipinski definition) is 1. The minimum atomic E-state index is -0.0741. The zero-order valence-electron chi connectivity index (χ0n) is 12.5. The largest absolute Gasteiger partial charge is 0.350 e. The first kappa shape index (κ1) is 14.3. The van der Waals surface area contributed by atoms with Crippen molar-refractivity contribution in [2.75, 3.05) is 31.6 Å². The molecule has 0 bridgehead atoms. The van der Waals surface area contributed by atoms with Crippen LogP contribution >= 0.6 is 0 Å². The Hall–Kier alpha value is -1.60. The van der Waals surface area contributed by atoms with Crippen molar-refractivity contribution in [2.24, 2.45) is 13.0 Å². The first-order valence-electron chi connectivity index (χ1n) is 7.43. The van der Waals surface area contributed by atoms with Crippen LogP contribution in [0.2, 0.25) is 0 Å². The first-order valence-corrected chi connectivity index (χ1v) is 7.43. The number of anilines is 1. The standard InChI is InChI=1S/C14H22N4O3/c1-10-9-12(17(2)16-10)15-14(19)18-5-3-11(4-6-18)13-20-7-8-21-13/h9,11,13H,3-8H2,1-2H3,(H,15,19). The van der Waals surface area contributed by atoms with Gasteiger partial charge in [-0.05, 0) is 19.8 Å². The number of amides is 2. The summed E-state index contributed by atoms with van der Waals surface area (Å²) in [5, 5.41) is 7.13. The molecule has 0 radical (unpaired) electrons. The van der Waals surface area contributed by atoms with Crippen LogP contribution < -0.4 is 5.32 Å². The summed E-state index contributed by atoms with van der Waals surface area (Å²) in [6.45, 7) is 4.74. The summed E-state index contributed by atoms with van der Waals surface area (Å²) in [7, 11) is 1.82. The van der Waals surface area contributed by atoms with Gasteiger partial charge >= 0.3 is 6.03 Å². The Labute approximate surface area is 124 Å². The number of piperidine rings is 1. The number of urea groups is 1. The number of carbonyl (C=O) groups excluding carboxylic acids is 1. The zero-order chi connectivity index (χ0) is 14.8. The smallest absolute Gasteiger partial charge is 0.322 e. The van der Waals surface area contributed by atoms with Crippen LogP contribution in [0.4, 0.5) is 10.6 Å². The minimum absolute atomic E-state index is 0.0651. The molecule has 3 heterocycles. The number of ether oxygens (including phenoxy) is 2. The molecule has 1 N–H and O–H groups in total. The molecule has 0 atom stereocenters. The van der Waals surface area contributed by atoms with Crippen molar-refractivity contribution >= 4 is 11.8 Å². The van der Waals surface area contributed by atoms with E-state index in [2.05, 4.69) is 10.4 Å². The van der Waals surface area contributed by atoms with Crippen molar-refractivity contribution in [3.63, 3.8) is 0 Å². The van der Waals surface area contributed by atoms with E-state index in [0.29, 0.717) is 19.1 Å². The fourth-order valence-corrected chi connectivity index (χ4v) is 2.94. The van der Waals surface area contributed by atoms with Crippen LogP contribution in [0, 0.1) is 12.8 Å². The highest BCUT2D eigenvalue weighted by molar-refractivity contribution is 5.88. The highest BCUT2D eigenvalue weighted by Gasteiger charge is 2.31. The van der Waals surface area contributed by atoms with Crippen molar-refractivity contribution in [2.45, 2.75) is 26.1 Å². The van der Waals surface area contributed by atoms with E-state index in [9.17, 15) is 4.79 Å². The maximum absolute atomic E-state index is 12.3. The topological polar surface area (TPSA) is 68.6 Å². The van der Waals surface area contributed by atoms with Crippen molar-refractivity contribution in [1.82, 2.24) is 14.7 Å². The van der Waals surface area contributed by atoms with Gasteiger partial charge in [-0.3, -0.25) is 10.00 Å². The number of aryl methyl sites for hydroxylation is 2. The Balaban J connectivity index is 1.51. The maximum Gasteiger partial charge on any atom is 0.322 e. The quantitative estimate of drug-likeness (QED) is 0.894. The molecule has 2 aliphatic rings. The first-order chi connectivity index (χ1) is 10.1. The van der Waals surface area contributed by atoms with E-state index in [1.807, 2.05) is 24.9 Å². The van der Waals surface area contributed by atoms with Gasteiger partial charge in [-0.25, -0.2) is 4.79 Å². The van der Waals surface area contributed by atoms with Gasteiger partial charge < -0.3 is 14.4 Å². The lowest BCUT2D eigenvalue weighted by molar-refractivity contribution is -0.0950. The Morgan fingerprint density at radius 1 is 1.33 bits per heavy atom. The second-order valence-electron chi connectivity index (χ2n) is 5.66. The van der Waals surface area contributed by atoms with Gasteiger partial charge in [-0.2, -0.15) is 5.10 Å². The summed E-state index contributed by atoms with van der Waals surface area (Å²) in [6, 6.07) is 1.80. The Morgan fingerprint density at radius 3 is 2.57 bits per heavy atom. The molecule has 0 unspecified atom stereocenters. The van der Waals surface area contributed by atoms with Gasteiger partial charge in [0.05, 0.1) is 18.9 Å². The molecule has 2 amide bonds. The van der Waals surface area contributed by atoms with Crippen LogP contribution in [0.3, 0.4) is 0 Å². The number of likely N-dealkylation sites (tertiary alicyclic amines) is 1. The van der Waals surface area contributed by atoms with Crippen LogP contribution in [0.1, 0.15) is 18.5 Å². The molecule has 21 heavy (non-hydrogen) atoms. The van der Waals surface area contributed by atoms with Crippen molar-refractivity contribution < 1.29 is 14.3 Å². The fraction of sp³-hybridized carbons (Fsp3) is 0.714.